The van der Waals surface area contributed by atoms with E-state index in [1.54, 1.807) is 0 Å². The maximum atomic E-state index is 12.7. The van der Waals surface area contributed by atoms with Crippen molar-refractivity contribution in [3.05, 3.63) is 64.7 Å². The van der Waals surface area contributed by atoms with Crippen LogP contribution in [0.3, 0.4) is 0 Å². The van der Waals surface area contributed by atoms with E-state index in [1.807, 2.05) is 23.1 Å². The van der Waals surface area contributed by atoms with Crippen molar-refractivity contribution < 1.29 is 9.59 Å². The van der Waals surface area contributed by atoms with Gasteiger partial charge in [-0.15, -0.1) is 12.4 Å². The first kappa shape index (κ1) is 22.5. The molecule has 0 saturated heterocycles. The molecule has 2 aliphatic rings. The molecule has 0 fully saturated rings. The van der Waals surface area contributed by atoms with Crippen LogP contribution in [0.4, 0.5) is 5.69 Å². The third-order valence-electron chi connectivity index (χ3n) is 6.02. The average Bonchev–Trinajstić information content (AvgIpc) is 3.07. The fourth-order valence-electron chi connectivity index (χ4n) is 4.50. The lowest BCUT2D eigenvalue weighted by Gasteiger charge is -2.25. The Kier molecular flexibility index (Phi) is 8.06. The van der Waals surface area contributed by atoms with Crippen molar-refractivity contribution in [3.8, 4) is 0 Å². The number of carbonyl (C=O) groups is 2. The Balaban J connectivity index is 0.00000256. The Hall–Kier alpha value is -2.17. The van der Waals surface area contributed by atoms with Crippen LogP contribution in [0.25, 0.3) is 0 Å². The summed E-state index contributed by atoms with van der Waals surface area (Å²) in [7, 11) is 0. The molecule has 2 aromatic rings. The number of nitrogens with one attached hydrogen (secondary N) is 1. The van der Waals surface area contributed by atoms with E-state index < -0.39 is 0 Å². The summed E-state index contributed by atoms with van der Waals surface area (Å²) in [6.45, 7) is 2.82. The van der Waals surface area contributed by atoms with E-state index in [9.17, 15) is 9.59 Å². The van der Waals surface area contributed by atoms with Gasteiger partial charge >= 0.3 is 0 Å². The second-order valence-electron chi connectivity index (χ2n) is 8.19. The lowest BCUT2D eigenvalue weighted by molar-refractivity contribution is -0.117. The monoisotopic (exact) mass is 426 g/mol. The number of halogens is 1. The van der Waals surface area contributed by atoms with Crippen LogP contribution >= 0.6 is 12.4 Å². The molecule has 0 aromatic heterocycles. The highest BCUT2D eigenvalue weighted by Gasteiger charge is 2.32. The van der Waals surface area contributed by atoms with E-state index in [1.165, 1.54) is 11.1 Å². The fourth-order valence-corrected chi connectivity index (χ4v) is 4.50. The molecule has 4 rings (SSSR count). The second kappa shape index (κ2) is 10.7. The van der Waals surface area contributed by atoms with E-state index >= 15 is 0 Å². The summed E-state index contributed by atoms with van der Waals surface area (Å²) in [5.41, 5.74) is 5.50. The van der Waals surface area contributed by atoms with Gasteiger partial charge in [0, 0.05) is 18.5 Å². The van der Waals surface area contributed by atoms with Crippen molar-refractivity contribution >= 4 is 29.8 Å². The van der Waals surface area contributed by atoms with Gasteiger partial charge in [-0.1, -0.05) is 36.8 Å². The van der Waals surface area contributed by atoms with Crippen molar-refractivity contribution in [3.63, 3.8) is 0 Å². The number of hydrogen-bond donors (Lipinski definition) is 1. The van der Waals surface area contributed by atoms with Crippen LogP contribution in [0.15, 0.2) is 42.5 Å². The summed E-state index contributed by atoms with van der Waals surface area (Å²) in [5.74, 6) is 0.405. The van der Waals surface area contributed by atoms with Gasteiger partial charge in [0.1, 0.15) is 0 Å². The molecule has 0 atom stereocenters. The van der Waals surface area contributed by atoms with Gasteiger partial charge in [0.05, 0.1) is 12.1 Å². The number of carbonyl (C=O) groups excluding carboxylic acids is 2. The van der Waals surface area contributed by atoms with Gasteiger partial charge in [-0.05, 0) is 74.0 Å². The normalized spacial score (nSPS) is 14.4. The molecule has 0 radical (unpaired) electrons. The van der Waals surface area contributed by atoms with E-state index in [0.29, 0.717) is 12.8 Å². The third kappa shape index (κ3) is 5.30. The van der Waals surface area contributed by atoms with E-state index in [2.05, 4.69) is 29.6 Å². The molecule has 2 aromatic carbocycles. The lowest BCUT2D eigenvalue weighted by Crippen LogP contribution is -2.31. The van der Waals surface area contributed by atoms with Crippen molar-refractivity contribution in [1.82, 2.24) is 5.32 Å². The maximum Gasteiger partial charge on any atom is 0.231 e. The van der Waals surface area contributed by atoms with Crippen molar-refractivity contribution in [2.45, 2.75) is 51.4 Å². The molecule has 0 aliphatic carbocycles. The molecular weight excluding hydrogens is 396 g/mol. The van der Waals surface area contributed by atoms with Crippen LogP contribution in [-0.4, -0.2) is 31.3 Å². The third-order valence-corrected chi connectivity index (χ3v) is 6.02. The van der Waals surface area contributed by atoms with Crippen molar-refractivity contribution in [1.29, 1.82) is 0 Å². The van der Waals surface area contributed by atoms with Crippen LogP contribution in [-0.2, 0) is 24.1 Å². The Labute approximate surface area is 185 Å². The Morgan fingerprint density at radius 3 is 2.63 bits per heavy atom. The van der Waals surface area contributed by atoms with E-state index in [4.69, 9.17) is 0 Å². The van der Waals surface area contributed by atoms with Gasteiger partial charge in [0.25, 0.3) is 0 Å². The van der Waals surface area contributed by atoms with Crippen LogP contribution < -0.4 is 10.2 Å². The molecule has 0 spiro atoms. The number of anilines is 1. The summed E-state index contributed by atoms with van der Waals surface area (Å²) < 4.78 is 0. The van der Waals surface area contributed by atoms with Crippen LogP contribution in [0, 0.1) is 0 Å². The van der Waals surface area contributed by atoms with Gasteiger partial charge in [0.15, 0.2) is 5.78 Å². The fraction of sp³-hybridized carbons (Fsp3) is 0.440. The van der Waals surface area contributed by atoms with Crippen LogP contribution in [0.2, 0.25) is 0 Å². The highest BCUT2D eigenvalue weighted by atomic mass is 35.5. The molecule has 0 unspecified atom stereocenters. The lowest BCUT2D eigenvalue weighted by atomic mass is 9.94. The van der Waals surface area contributed by atoms with Gasteiger partial charge in [-0.25, -0.2) is 0 Å². The van der Waals surface area contributed by atoms with Crippen molar-refractivity contribution in [2.24, 2.45) is 0 Å². The van der Waals surface area contributed by atoms with Crippen molar-refractivity contribution in [2.75, 3.05) is 24.5 Å². The van der Waals surface area contributed by atoms with Crippen LogP contribution in [0.5, 0.6) is 0 Å². The zero-order valence-electron chi connectivity index (χ0n) is 17.5. The summed E-state index contributed by atoms with van der Waals surface area (Å²) in [6, 6.07) is 14.5. The number of benzene rings is 2. The number of ketones is 1. The van der Waals surface area contributed by atoms with Gasteiger partial charge < -0.3 is 10.2 Å². The number of amides is 1. The summed E-state index contributed by atoms with van der Waals surface area (Å²) in [6.07, 6.45) is 7.17. The highest BCUT2D eigenvalue weighted by molar-refractivity contribution is 6.05. The first-order chi connectivity index (χ1) is 14.2. The molecule has 0 bridgehead atoms. The van der Waals surface area contributed by atoms with Crippen LogP contribution in [0.1, 0.15) is 59.2 Å². The number of unbranched alkanes of at least 4 members (excludes halogenated alkanes) is 2. The zero-order chi connectivity index (χ0) is 20.1. The molecule has 2 aliphatic heterocycles. The molecular formula is C25H31ClN2O2. The maximum absolute atomic E-state index is 12.7. The minimum Gasteiger partial charge on any atom is -0.316 e. The number of hydrogen-bond acceptors (Lipinski definition) is 3. The molecule has 30 heavy (non-hydrogen) atoms. The molecule has 160 valence electrons. The van der Waals surface area contributed by atoms with E-state index in [0.717, 1.165) is 75.0 Å². The standard InChI is InChI=1S/C25H30N2O2.ClH/c28-23(11-5-2-6-13-26-14-12-19-8-3-1-4-9-19)21-16-20-10-7-15-27-24(29)18-22(17-21)25(20)27;/h1,3-4,8-9,16-17,26H,2,5-7,10-15,18H2;1H. The second-order valence-corrected chi connectivity index (χ2v) is 8.19. The highest BCUT2D eigenvalue weighted by Crippen LogP contribution is 2.37. The number of nitrogens with zero attached hydrogens (tertiary/aromatic N) is 1. The molecule has 0 saturated carbocycles. The molecule has 1 N–H and O–H groups in total. The molecule has 5 heteroatoms. The predicted octanol–water partition coefficient (Wildman–Crippen LogP) is 4.52. The summed E-state index contributed by atoms with van der Waals surface area (Å²) in [4.78, 5) is 26.7. The first-order valence-electron chi connectivity index (χ1n) is 11.0. The largest absolute Gasteiger partial charge is 0.316 e. The minimum atomic E-state index is 0. The average molecular weight is 427 g/mol. The smallest absolute Gasteiger partial charge is 0.231 e. The topological polar surface area (TPSA) is 49.4 Å². The first-order valence-corrected chi connectivity index (χ1v) is 11.0. The number of aryl methyl sites for hydroxylation is 1. The van der Waals surface area contributed by atoms with E-state index in [-0.39, 0.29) is 24.1 Å². The Bertz CT molecular complexity index is 882. The number of Topliss-reactive ketones (excluding diaryl/α,β-unsaturated/α-hetero) is 1. The number of rotatable bonds is 10. The Morgan fingerprint density at radius 1 is 1.00 bits per heavy atom. The minimum absolute atomic E-state index is 0. The Morgan fingerprint density at radius 2 is 1.80 bits per heavy atom. The predicted molar refractivity (Wildman–Crippen MR) is 124 cm³/mol. The molecule has 1 amide bonds. The molecule has 2 heterocycles. The quantitative estimate of drug-likeness (QED) is 0.449. The zero-order valence-corrected chi connectivity index (χ0v) is 18.3. The van der Waals surface area contributed by atoms with Gasteiger partial charge in [0.2, 0.25) is 5.91 Å². The summed E-state index contributed by atoms with van der Waals surface area (Å²) >= 11 is 0. The van der Waals surface area contributed by atoms with Gasteiger partial charge in [-0.2, -0.15) is 0 Å². The van der Waals surface area contributed by atoms with Gasteiger partial charge in [-0.3, -0.25) is 9.59 Å². The molecule has 4 nitrogen and oxygen atoms in total. The SMILES string of the molecule is Cl.O=C(CCCCCNCCc1ccccc1)c1cc2c3c(c1)CC(=O)N3CCC2. The summed E-state index contributed by atoms with van der Waals surface area (Å²) in [5, 5.41) is 3.49.